The third-order valence-corrected chi connectivity index (χ3v) is 6.65. The highest BCUT2D eigenvalue weighted by Crippen LogP contribution is 2.19. The minimum absolute atomic E-state index is 0.122. The maximum atomic E-state index is 12.9. The van der Waals surface area contributed by atoms with E-state index in [0.29, 0.717) is 6.54 Å². The Morgan fingerprint density at radius 1 is 0.966 bits per heavy atom. The molecule has 0 aliphatic heterocycles. The molecule has 0 aliphatic rings. The van der Waals surface area contributed by atoms with Crippen LogP contribution in [0, 0.1) is 5.92 Å². The van der Waals surface area contributed by atoms with E-state index in [2.05, 4.69) is 0 Å². The molecule has 0 spiro atoms. The van der Waals surface area contributed by atoms with Crippen LogP contribution in [0.1, 0.15) is 31.9 Å². The normalized spacial score (nSPS) is 12.7. The van der Waals surface area contributed by atoms with Crippen molar-refractivity contribution in [1.82, 2.24) is 4.31 Å². The van der Waals surface area contributed by atoms with E-state index in [1.807, 2.05) is 44.2 Å². The van der Waals surface area contributed by atoms with Gasteiger partial charge in [0.25, 0.3) is 0 Å². The van der Waals surface area contributed by atoms with Crippen molar-refractivity contribution in [2.45, 2.75) is 27.3 Å². The van der Waals surface area contributed by atoms with Gasteiger partial charge in [-0.15, -0.1) is 0 Å². The van der Waals surface area contributed by atoms with Crippen molar-refractivity contribution in [3.05, 3.63) is 71.1 Å². The predicted molar refractivity (Wildman–Crippen MR) is 116 cm³/mol. The van der Waals surface area contributed by atoms with Crippen molar-refractivity contribution in [1.29, 1.82) is 0 Å². The van der Waals surface area contributed by atoms with Gasteiger partial charge >= 0.3 is 10.1 Å². The largest absolute Gasteiger partial charge is 0.382 e. The molecule has 0 amide bonds. The third kappa shape index (κ3) is 7.64. The number of hydrogen-bond acceptors (Lipinski definition) is 5. The van der Waals surface area contributed by atoms with Gasteiger partial charge in [0.2, 0.25) is 10.0 Å². The second-order valence-electron chi connectivity index (χ2n) is 7.02. The molecule has 0 N–H and O–H groups in total. The van der Waals surface area contributed by atoms with Gasteiger partial charge in [-0.2, -0.15) is 12.7 Å². The average molecular weight is 438 g/mol. The van der Waals surface area contributed by atoms with E-state index in [0.717, 1.165) is 11.1 Å². The molecule has 0 bridgehead atoms. The van der Waals surface area contributed by atoms with Gasteiger partial charge in [-0.05, 0) is 42.2 Å². The molecule has 2 aromatic rings. The molecule has 0 radical (unpaired) electrons. The van der Waals surface area contributed by atoms with E-state index < -0.39 is 20.1 Å². The van der Waals surface area contributed by atoms with E-state index >= 15 is 0 Å². The zero-order valence-corrected chi connectivity index (χ0v) is 18.5. The van der Waals surface area contributed by atoms with Crippen LogP contribution in [0.25, 0.3) is 6.08 Å². The second kappa shape index (κ2) is 10.0. The number of sulfonamides is 1. The molecule has 0 aliphatic carbocycles. The Hall–Kier alpha value is -2.16. The highest BCUT2D eigenvalue weighted by molar-refractivity contribution is 7.92. The van der Waals surface area contributed by atoms with Gasteiger partial charge in [0.05, 0.1) is 5.75 Å². The van der Waals surface area contributed by atoms with Crippen molar-refractivity contribution in [3.8, 4) is 5.75 Å². The van der Waals surface area contributed by atoms with Crippen LogP contribution in [0.2, 0.25) is 0 Å². The molecule has 0 aromatic heterocycles. The first-order valence-corrected chi connectivity index (χ1v) is 12.4. The number of nitrogens with zero attached hydrogens (tertiary/aromatic N) is 1. The molecule has 29 heavy (non-hydrogen) atoms. The summed E-state index contributed by atoms with van der Waals surface area (Å²) in [5.74, 6) is 0.230. The Morgan fingerprint density at radius 2 is 1.59 bits per heavy atom. The molecule has 0 fully saturated rings. The fourth-order valence-electron chi connectivity index (χ4n) is 2.54. The summed E-state index contributed by atoms with van der Waals surface area (Å²) in [5, 5.41) is 1.22. The van der Waals surface area contributed by atoms with Gasteiger partial charge in [-0.3, -0.25) is 0 Å². The van der Waals surface area contributed by atoms with E-state index in [9.17, 15) is 16.8 Å². The van der Waals surface area contributed by atoms with E-state index in [1.165, 1.54) is 28.8 Å². The molecular formula is C21H27NO5S2. The minimum atomic E-state index is -3.63. The van der Waals surface area contributed by atoms with Gasteiger partial charge in [-0.1, -0.05) is 56.3 Å². The lowest BCUT2D eigenvalue weighted by Gasteiger charge is -2.22. The van der Waals surface area contributed by atoms with E-state index in [1.54, 1.807) is 18.2 Å². The van der Waals surface area contributed by atoms with E-state index in [4.69, 9.17) is 4.18 Å². The summed E-state index contributed by atoms with van der Waals surface area (Å²) < 4.78 is 55.2. The Labute approximate surface area is 174 Å². The van der Waals surface area contributed by atoms with Gasteiger partial charge in [0.1, 0.15) is 5.75 Å². The lowest BCUT2D eigenvalue weighted by atomic mass is 10.2. The summed E-state index contributed by atoms with van der Waals surface area (Å²) in [6.45, 7) is 5.96. The predicted octanol–water partition coefficient (Wildman–Crippen LogP) is 3.87. The summed E-state index contributed by atoms with van der Waals surface area (Å²) >= 11 is 0. The zero-order valence-electron chi connectivity index (χ0n) is 16.9. The van der Waals surface area contributed by atoms with Crippen molar-refractivity contribution >= 4 is 26.2 Å². The zero-order chi connectivity index (χ0) is 21.5. The molecule has 2 rings (SSSR count). The Kier molecular flexibility index (Phi) is 8.01. The van der Waals surface area contributed by atoms with Crippen LogP contribution in [-0.2, 0) is 26.7 Å². The first-order chi connectivity index (χ1) is 13.6. The van der Waals surface area contributed by atoms with Crippen molar-refractivity contribution in [3.63, 3.8) is 0 Å². The lowest BCUT2D eigenvalue weighted by Crippen LogP contribution is -2.32. The topological polar surface area (TPSA) is 80.8 Å². The highest BCUT2D eigenvalue weighted by atomic mass is 32.2. The number of rotatable bonds is 10. The van der Waals surface area contributed by atoms with Crippen LogP contribution in [-0.4, -0.2) is 33.4 Å². The van der Waals surface area contributed by atoms with Crippen LogP contribution in [0.4, 0.5) is 0 Å². The minimum Gasteiger partial charge on any atom is -0.382 e. The van der Waals surface area contributed by atoms with Crippen LogP contribution in [0.5, 0.6) is 5.75 Å². The monoisotopic (exact) mass is 437 g/mol. The van der Waals surface area contributed by atoms with Crippen LogP contribution >= 0.6 is 0 Å². The van der Waals surface area contributed by atoms with Gasteiger partial charge in [-0.25, -0.2) is 8.42 Å². The maximum absolute atomic E-state index is 12.9. The molecule has 158 valence electrons. The van der Waals surface area contributed by atoms with Gasteiger partial charge < -0.3 is 4.18 Å². The molecule has 0 atom stereocenters. The van der Waals surface area contributed by atoms with Crippen LogP contribution < -0.4 is 4.18 Å². The Bertz CT molecular complexity index is 1010. The SMILES string of the molecule is CCS(=O)(=O)Oc1ccc(CN(CC(C)C)S(=O)(=O)/C=C/c2ccccc2)cc1. The summed E-state index contributed by atoms with van der Waals surface area (Å²) in [6, 6.07) is 15.6. The van der Waals surface area contributed by atoms with E-state index in [-0.39, 0.29) is 24.0 Å². The van der Waals surface area contributed by atoms with Crippen molar-refractivity contribution in [2.24, 2.45) is 5.92 Å². The van der Waals surface area contributed by atoms with Crippen LogP contribution in [0.15, 0.2) is 60.0 Å². The maximum Gasteiger partial charge on any atom is 0.308 e. The first-order valence-electron chi connectivity index (χ1n) is 9.35. The Balaban J connectivity index is 2.18. The first kappa shape index (κ1) is 23.1. The number of hydrogen-bond donors (Lipinski definition) is 0. The lowest BCUT2D eigenvalue weighted by molar-refractivity contribution is 0.366. The molecule has 0 saturated heterocycles. The molecule has 0 unspecified atom stereocenters. The summed E-state index contributed by atoms with van der Waals surface area (Å²) in [7, 11) is -7.23. The molecule has 2 aromatic carbocycles. The Morgan fingerprint density at radius 3 is 2.14 bits per heavy atom. The molecular weight excluding hydrogens is 410 g/mol. The van der Waals surface area contributed by atoms with Crippen molar-refractivity contribution in [2.75, 3.05) is 12.3 Å². The average Bonchev–Trinajstić information content (AvgIpc) is 2.68. The highest BCUT2D eigenvalue weighted by Gasteiger charge is 2.21. The summed E-state index contributed by atoms with van der Waals surface area (Å²) in [5.41, 5.74) is 1.54. The van der Waals surface area contributed by atoms with Crippen molar-refractivity contribution < 1.29 is 21.0 Å². The summed E-state index contributed by atoms with van der Waals surface area (Å²) in [4.78, 5) is 0. The fourth-order valence-corrected chi connectivity index (χ4v) is 4.40. The van der Waals surface area contributed by atoms with Gasteiger partial charge in [0.15, 0.2) is 0 Å². The van der Waals surface area contributed by atoms with Crippen LogP contribution in [0.3, 0.4) is 0 Å². The smallest absolute Gasteiger partial charge is 0.308 e. The fraction of sp³-hybridized carbons (Fsp3) is 0.333. The molecule has 8 heteroatoms. The summed E-state index contributed by atoms with van der Waals surface area (Å²) in [6.07, 6.45) is 1.58. The standard InChI is InChI=1S/C21H27NO5S2/c1-4-29(25,26)27-21-12-10-20(11-13-21)17-22(16-18(2)3)28(23,24)15-14-19-8-6-5-7-9-19/h5-15,18H,4,16-17H2,1-3H3/b15-14+. The quantitative estimate of drug-likeness (QED) is 0.527. The molecule has 0 heterocycles. The second-order valence-corrected chi connectivity index (χ2v) is 10.7. The van der Waals surface area contributed by atoms with Gasteiger partial charge in [0, 0.05) is 18.5 Å². The third-order valence-electron chi connectivity index (χ3n) is 4.02. The number of benzene rings is 2. The molecule has 0 saturated carbocycles. The molecule has 6 nitrogen and oxygen atoms in total.